The second kappa shape index (κ2) is 16.2. The molecule has 11 nitrogen and oxygen atoms in total. The number of carbonyl (C=O) groups is 4. The van der Waals surface area contributed by atoms with E-state index in [0.717, 1.165) is 5.56 Å². The molecule has 1 N–H and O–H groups in total. The maximum Gasteiger partial charge on any atom is 0.338 e. The fourth-order valence-corrected chi connectivity index (χ4v) is 6.38. The lowest BCUT2D eigenvalue weighted by Gasteiger charge is -2.26. The predicted octanol–water partition coefficient (Wildman–Crippen LogP) is 7.42. The second-order valence-electron chi connectivity index (χ2n) is 12.8. The Balaban J connectivity index is 1.34. The van der Waals surface area contributed by atoms with Crippen molar-refractivity contribution in [3.05, 3.63) is 183 Å². The summed E-state index contributed by atoms with van der Waals surface area (Å²) in [6.45, 7) is 1.38. The summed E-state index contributed by atoms with van der Waals surface area (Å²) in [7, 11) is 0. The molecule has 1 aliphatic heterocycles. The van der Waals surface area contributed by atoms with Crippen LogP contribution < -0.4 is 10.7 Å². The Bertz CT molecular complexity index is 2420. The summed E-state index contributed by atoms with van der Waals surface area (Å²) in [5, 5.41) is 3.37. The van der Waals surface area contributed by atoms with E-state index in [-0.39, 0.29) is 27.6 Å². The third-order valence-electron chi connectivity index (χ3n) is 8.99. The van der Waals surface area contributed by atoms with Crippen LogP contribution in [0, 0.1) is 6.92 Å². The van der Waals surface area contributed by atoms with Crippen molar-refractivity contribution >= 4 is 52.0 Å². The molecule has 1 amide bonds. The van der Waals surface area contributed by atoms with E-state index >= 15 is 0 Å². The van der Waals surface area contributed by atoms with Crippen LogP contribution in [0.15, 0.2) is 144 Å². The van der Waals surface area contributed by atoms with Crippen LogP contribution in [0.25, 0.3) is 10.9 Å². The average molecular weight is 757 g/mol. The van der Waals surface area contributed by atoms with Gasteiger partial charge in [0.15, 0.2) is 18.4 Å². The van der Waals surface area contributed by atoms with Crippen molar-refractivity contribution < 1.29 is 38.1 Å². The number of benzene rings is 5. The minimum Gasteiger partial charge on any atom is -0.459 e. The molecule has 0 saturated carbocycles. The number of aromatic nitrogens is 1. The Kier molecular flexibility index (Phi) is 10.8. The standard InChI is InChI=1S/C43H33ClN2O9/c1-26-17-22-34-32(23-26)36(47)33(39(48)45-31-20-18-30(44)19-21-31)24-46(34)40-38(55-43(51)29-15-9-4-10-16-29)37(54-42(50)28-13-7-3-8-14-28)35(53-40)25-52-41(49)27-11-5-2-6-12-27/h2-24,35,37-38,40H,25H2,1H3,(H,45,48)/t35-,37-,38-,40-/m1/s1. The summed E-state index contributed by atoms with van der Waals surface area (Å²) in [5.74, 6) is -2.90. The fraction of sp³-hybridized carbons (Fsp3) is 0.140. The number of nitrogens with zero attached hydrogens (tertiary/aromatic N) is 1. The normalized spacial score (nSPS) is 17.6. The lowest BCUT2D eigenvalue weighted by Crippen LogP contribution is -2.41. The third kappa shape index (κ3) is 8.18. The van der Waals surface area contributed by atoms with Crippen LogP contribution in [-0.4, -0.2) is 53.3 Å². The van der Waals surface area contributed by atoms with Crippen molar-refractivity contribution in [1.82, 2.24) is 4.57 Å². The quantitative estimate of drug-likeness (QED) is 0.112. The van der Waals surface area contributed by atoms with Crippen molar-refractivity contribution in [2.24, 2.45) is 0 Å². The molecule has 0 spiro atoms. The Morgan fingerprint density at radius 1 is 0.709 bits per heavy atom. The molecule has 4 atom stereocenters. The number of fused-ring (bicyclic) bond motifs is 1. The highest BCUT2D eigenvalue weighted by atomic mass is 35.5. The minimum atomic E-state index is -1.39. The van der Waals surface area contributed by atoms with E-state index in [1.807, 2.05) is 0 Å². The number of rotatable bonds is 10. The predicted molar refractivity (Wildman–Crippen MR) is 204 cm³/mol. The molecule has 55 heavy (non-hydrogen) atoms. The summed E-state index contributed by atoms with van der Waals surface area (Å²) in [5.41, 5.74) is 1.36. The molecule has 276 valence electrons. The molecule has 0 unspecified atom stereocenters. The lowest BCUT2D eigenvalue weighted by molar-refractivity contribution is -0.0605. The molecular formula is C43H33ClN2O9. The molecule has 1 aromatic heterocycles. The van der Waals surface area contributed by atoms with E-state index in [2.05, 4.69) is 5.32 Å². The topological polar surface area (TPSA) is 139 Å². The van der Waals surface area contributed by atoms with E-state index in [9.17, 15) is 24.0 Å². The number of anilines is 1. The molecule has 0 bridgehead atoms. The highest BCUT2D eigenvalue weighted by Crippen LogP contribution is 2.37. The van der Waals surface area contributed by atoms with Gasteiger partial charge in [0.25, 0.3) is 5.91 Å². The van der Waals surface area contributed by atoms with Gasteiger partial charge in [-0.25, -0.2) is 14.4 Å². The van der Waals surface area contributed by atoms with Gasteiger partial charge in [-0.3, -0.25) is 9.59 Å². The van der Waals surface area contributed by atoms with E-state index < -0.39 is 60.4 Å². The Labute approximate surface area is 320 Å². The van der Waals surface area contributed by atoms with Crippen LogP contribution >= 0.6 is 11.6 Å². The number of hydrogen-bond donors (Lipinski definition) is 1. The van der Waals surface area contributed by atoms with Gasteiger partial charge in [0, 0.05) is 22.3 Å². The van der Waals surface area contributed by atoms with Crippen molar-refractivity contribution in [2.75, 3.05) is 11.9 Å². The van der Waals surface area contributed by atoms with Gasteiger partial charge in [-0.2, -0.15) is 0 Å². The third-order valence-corrected chi connectivity index (χ3v) is 9.24. The van der Waals surface area contributed by atoms with Gasteiger partial charge in [-0.05, 0) is 79.7 Å². The molecular weight excluding hydrogens is 724 g/mol. The van der Waals surface area contributed by atoms with Crippen LogP contribution in [-0.2, 0) is 18.9 Å². The van der Waals surface area contributed by atoms with Gasteiger partial charge in [0.2, 0.25) is 5.43 Å². The van der Waals surface area contributed by atoms with Gasteiger partial charge in [0.05, 0.1) is 22.2 Å². The number of amides is 1. The van der Waals surface area contributed by atoms with Gasteiger partial charge in [-0.1, -0.05) is 77.8 Å². The number of carbonyl (C=O) groups excluding carboxylic acids is 4. The van der Waals surface area contributed by atoms with E-state index in [4.69, 9.17) is 30.5 Å². The van der Waals surface area contributed by atoms with E-state index in [1.54, 1.807) is 140 Å². The first-order chi connectivity index (χ1) is 26.7. The van der Waals surface area contributed by atoms with Crippen molar-refractivity contribution in [2.45, 2.75) is 31.5 Å². The zero-order chi connectivity index (χ0) is 38.5. The number of nitrogens with one attached hydrogen (secondary N) is 1. The second-order valence-corrected chi connectivity index (χ2v) is 13.2. The summed E-state index contributed by atoms with van der Waals surface area (Å²) < 4.78 is 26.0. The Morgan fingerprint density at radius 3 is 1.84 bits per heavy atom. The minimum absolute atomic E-state index is 0.178. The summed E-state index contributed by atoms with van der Waals surface area (Å²) in [4.78, 5) is 68.3. The van der Waals surface area contributed by atoms with E-state index in [1.165, 1.54) is 10.8 Å². The monoisotopic (exact) mass is 756 g/mol. The zero-order valence-electron chi connectivity index (χ0n) is 29.3. The summed E-state index contributed by atoms with van der Waals surface area (Å²) in [6, 6.07) is 36.2. The Morgan fingerprint density at radius 2 is 1.25 bits per heavy atom. The zero-order valence-corrected chi connectivity index (χ0v) is 30.1. The van der Waals surface area contributed by atoms with Crippen molar-refractivity contribution in [3.8, 4) is 0 Å². The lowest BCUT2D eigenvalue weighted by atomic mass is 10.1. The summed E-state index contributed by atoms with van der Waals surface area (Å²) in [6.07, 6.45) is -3.92. The smallest absolute Gasteiger partial charge is 0.338 e. The molecule has 5 aromatic carbocycles. The van der Waals surface area contributed by atoms with Crippen LogP contribution in [0.5, 0.6) is 0 Å². The molecule has 2 heterocycles. The number of halogens is 1. The SMILES string of the molecule is Cc1ccc2c(c1)c(=O)c(C(=O)Nc1ccc(Cl)cc1)cn2[C@@H]1O[C@H](COC(=O)c2ccccc2)[C@@H](OC(=O)c2ccccc2)[C@H]1OC(=O)c1ccccc1. The molecule has 0 radical (unpaired) electrons. The van der Waals surface area contributed by atoms with Crippen LogP contribution in [0.2, 0.25) is 5.02 Å². The highest BCUT2D eigenvalue weighted by Gasteiger charge is 2.51. The van der Waals surface area contributed by atoms with Crippen molar-refractivity contribution in [1.29, 1.82) is 0 Å². The number of esters is 3. The molecule has 6 aromatic rings. The molecule has 12 heteroatoms. The van der Waals surface area contributed by atoms with Gasteiger partial charge >= 0.3 is 17.9 Å². The first kappa shape index (κ1) is 36.8. The highest BCUT2D eigenvalue weighted by molar-refractivity contribution is 6.30. The first-order valence-corrected chi connectivity index (χ1v) is 17.7. The number of hydrogen-bond acceptors (Lipinski definition) is 9. The van der Waals surface area contributed by atoms with E-state index in [0.29, 0.717) is 16.2 Å². The molecule has 1 aliphatic rings. The molecule has 0 aliphatic carbocycles. The fourth-order valence-electron chi connectivity index (χ4n) is 6.25. The molecule has 1 fully saturated rings. The van der Waals surface area contributed by atoms with Gasteiger partial charge < -0.3 is 28.8 Å². The number of ether oxygens (including phenoxy) is 4. The molecule has 1 saturated heterocycles. The Hall–Kier alpha value is -6.56. The maximum absolute atomic E-state index is 14.0. The molecule has 7 rings (SSSR count). The largest absolute Gasteiger partial charge is 0.459 e. The van der Waals surface area contributed by atoms with Crippen LogP contribution in [0.3, 0.4) is 0 Å². The number of pyridine rings is 1. The number of aryl methyl sites for hydroxylation is 1. The first-order valence-electron chi connectivity index (χ1n) is 17.3. The van der Waals surface area contributed by atoms with Gasteiger partial charge in [-0.15, -0.1) is 0 Å². The van der Waals surface area contributed by atoms with Crippen LogP contribution in [0.1, 0.15) is 53.2 Å². The average Bonchev–Trinajstić information content (AvgIpc) is 3.54. The van der Waals surface area contributed by atoms with Crippen molar-refractivity contribution in [3.63, 3.8) is 0 Å². The van der Waals surface area contributed by atoms with Crippen LogP contribution in [0.4, 0.5) is 5.69 Å². The maximum atomic E-state index is 14.0. The van der Waals surface area contributed by atoms with Gasteiger partial charge in [0.1, 0.15) is 18.3 Å². The summed E-state index contributed by atoms with van der Waals surface area (Å²) >= 11 is 6.04.